The average molecular weight is 533 g/mol. The normalized spacial score (nSPS) is 19.4. The Morgan fingerprint density at radius 2 is 1.87 bits per heavy atom. The van der Waals surface area contributed by atoms with Gasteiger partial charge in [-0.2, -0.15) is 0 Å². The number of halogens is 1. The molecule has 170 valence electrons. The van der Waals surface area contributed by atoms with Crippen LogP contribution in [0.1, 0.15) is 49.6 Å². The first-order valence-corrected chi connectivity index (χ1v) is 10.8. The van der Waals surface area contributed by atoms with Crippen molar-refractivity contribution in [3.63, 3.8) is 0 Å². The molecule has 30 heavy (non-hydrogen) atoms. The molecule has 0 bridgehead atoms. The van der Waals surface area contributed by atoms with E-state index in [2.05, 4.69) is 29.2 Å². The molecular weight excluding hydrogens is 497 g/mol. The van der Waals surface area contributed by atoms with Gasteiger partial charge in [0.25, 0.3) is 0 Å². The van der Waals surface area contributed by atoms with Gasteiger partial charge in [0, 0.05) is 56.7 Å². The van der Waals surface area contributed by atoms with Gasteiger partial charge in [0.1, 0.15) is 5.76 Å². The van der Waals surface area contributed by atoms with Crippen molar-refractivity contribution in [1.29, 1.82) is 0 Å². The van der Waals surface area contributed by atoms with Gasteiger partial charge in [-0.15, -0.1) is 24.0 Å². The molecule has 0 saturated carbocycles. The summed E-state index contributed by atoms with van der Waals surface area (Å²) in [5.41, 5.74) is 2.09. The largest absolute Gasteiger partial charge is 0.378 e. The Morgan fingerprint density at radius 3 is 2.43 bits per heavy atom. The number of piperidine rings is 1. The predicted octanol–water partition coefficient (Wildman–Crippen LogP) is 2.55. The predicted molar refractivity (Wildman–Crippen MR) is 127 cm³/mol. The van der Waals surface area contributed by atoms with Crippen molar-refractivity contribution in [3.8, 4) is 0 Å². The zero-order valence-electron chi connectivity index (χ0n) is 18.6. The van der Waals surface area contributed by atoms with E-state index in [9.17, 15) is 4.79 Å². The number of ether oxygens (including phenoxy) is 1. The van der Waals surface area contributed by atoms with Gasteiger partial charge < -0.3 is 24.4 Å². The van der Waals surface area contributed by atoms with Crippen LogP contribution in [0, 0.1) is 19.8 Å². The molecule has 1 unspecified atom stereocenters. The maximum absolute atomic E-state index is 12.8. The molecule has 3 heterocycles. The summed E-state index contributed by atoms with van der Waals surface area (Å²) in [7, 11) is 0. The SMILES string of the molecule is CCNC(=NCC(C)c1c(C)noc1C)N1CCC(C(=O)N2CCOCC2)CC1.I. The van der Waals surface area contributed by atoms with E-state index in [1.807, 2.05) is 18.7 Å². The Kier molecular flexibility index (Phi) is 9.86. The summed E-state index contributed by atoms with van der Waals surface area (Å²) < 4.78 is 10.7. The maximum atomic E-state index is 12.8. The summed E-state index contributed by atoms with van der Waals surface area (Å²) in [4.78, 5) is 21.9. The van der Waals surface area contributed by atoms with E-state index < -0.39 is 0 Å². The maximum Gasteiger partial charge on any atom is 0.225 e. The first-order valence-electron chi connectivity index (χ1n) is 10.8. The molecule has 2 saturated heterocycles. The number of aliphatic imine (C=N–C) groups is 1. The second kappa shape index (κ2) is 11.9. The fourth-order valence-electron chi connectivity index (χ4n) is 4.31. The highest BCUT2D eigenvalue weighted by Crippen LogP contribution is 2.24. The van der Waals surface area contributed by atoms with E-state index in [4.69, 9.17) is 14.3 Å². The van der Waals surface area contributed by atoms with Gasteiger partial charge in [0.2, 0.25) is 5.91 Å². The number of amides is 1. The van der Waals surface area contributed by atoms with Crippen LogP contribution in [0.3, 0.4) is 0 Å². The van der Waals surface area contributed by atoms with E-state index >= 15 is 0 Å². The van der Waals surface area contributed by atoms with E-state index in [-0.39, 0.29) is 35.8 Å². The minimum Gasteiger partial charge on any atom is -0.378 e. The number of hydrogen-bond acceptors (Lipinski definition) is 5. The molecule has 3 rings (SSSR count). The second-order valence-corrected chi connectivity index (χ2v) is 8.03. The molecule has 1 aromatic rings. The third-order valence-corrected chi connectivity index (χ3v) is 5.90. The highest BCUT2D eigenvalue weighted by atomic mass is 127. The van der Waals surface area contributed by atoms with Gasteiger partial charge in [-0.05, 0) is 33.6 Å². The van der Waals surface area contributed by atoms with Gasteiger partial charge >= 0.3 is 0 Å². The molecule has 1 atom stereocenters. The molecule has 0 spiro atoms. The number of nitrogens with one attached hydrogen (secondary N) is 1. The number of aromatic nitrogens is 1. The summed E-state index contributed by atoms with van der Waals surface area (Å²) in [6, 6.07) is 0. The number of rotatable bonds is 5. The van der Waals surface area contributed by atoms with Gasteiger partial charge in [0.05, 0.1) is 18.9 Å². The lowest BCUT2D eigenvalue weighted by Crippen LogP contribution is -2.50. The first kappa shape index (κ1) is 24.9. The number of nitrogens with zero attached hydrogens (tertiary/aromatic N) is 4. The fraction of sp³-hybridized carbons (Fsp3) is 0.762. The van der Waals surface area contributed by atoms with Crippen molar-refractivity contribution >= 4 is 35.8 Å². The monoisotopic (exact) mass is 533 g/mol. The molecular formula is C21H36IN5O3. The molecule has 1 amide bonds. The average Bonchev–Trinajstić information content (AvgIpc) is 3.09. The Balaban J connectivity index is 0.00000320. The van der Waals surface area contributed by atoms with E-state index in [0.717, 1.165) is 68.5 Å². The van der Waals surface area contributed by atoms with Crippen LogP contribution in [0.4, 0.5) is 0 Å². The molecule has 9 heteroatoms. The lowest BCUT2D eigenvalue weighted by atomic mass is 9.95. The number of aryl methyl sites for hydroxylation is 2. The fourth-order valence-corrected chi connectivity index (χ4v) is 4.31. The first-order chi connectivity index (χ1) is 14.0. The molecule has 0 aromatic carbocycles. The molecule has 0 aliphatic carbocycles. The van der Waals surface area contributed by atoms with Crippen molar-refractivity contribution in [3.05, 3.63) is 17.0 Å². The molecule has 2 aliphatic heterocycles. The number of hydrogen-bond donors (Lipinski definition) is 1. The van der Waals surface area contributed by atoms with Gasteiger partial charge in [-0.1, -0.05) is 12.1 Å². The van der Waals surface area contributed by atoms with E-state index in [1.54, 1.807) is 0 Å². The molecule has 2 fully saturated rings. The molecule has 1 N–H and O–H groups in total. The molecule has 0 radical (unpaired) electrons. The molecule has 8 nitrogen and oxygen atoms in total. The van der Waals surface area contributed by atoms with Crippen molar-refractivity contribution < 1.29 is 14.1 Å². The van der Waals surface area contributed by atoms with Crippen LogP contribution in [-0.4, -0.2) is 79.3 Å². The lowest BCUT2D eigenvalue weighted by molar-refractivity contribution is -0.140. The summed E-state index contributed by atoms with van der Waals surface area (Å²) in [5, 5.41) is 7.48. The van der Waals surface area contributed by atoms with Crippen molar-refractivity contribution in [2.45, 2.75) is 46.5 Å². The molecule has 1 aromatic heterocycles. The number of carbonyl (C=O) groups excluding carboxylic acids is 1. The Bertz CT molecular complexity index is 690. The van der Waals surface area contributed by atoms with E-state index in [1.165, 1.54) is 0 Å². The molecule has 2 aliphatic rings. The summed E-state index contributed by atoms with van der Waals surface area (Å²) in [6.45, 7) is 14.2. The number of likely N-dealkylation sites (tertiary alicyclic amines) is 1. The van der Waals surface area contributed by atoms with Crippen LogP contribution in [0.2, 0.25) is 0 Å². The Labute approximate surface area is 196 Å². The van der Waals surface area contributed by atoms with Crippen LogP contribution in [0.15, 0.2) is 9.52 Å². The summed E-state index contributed by atoms with van der Waals surface area (Å²) in [5.74, 6) is 2.46. The third-order valence-electron chi connectivity index (χ3n) is 5.90. The van der Waals surface area contributed by atoms with Crippen molar-refractivity contribution in [2.75, 3.05) is 52.5 Å². The van der Waals surface area contributed by atoms with Gasteiger partial charge in [0.15, 0.2) is 5.96 Å². The third kappa shape index (κ3) is 6.09. The Hall–Kier alpha value is -1.36. The second-order valence-electron chi connectivity index (χ2n) is 8.03. The number of guanidine groups is 1. The van der Waals surface area contributed by atoms with Crippen LogP contribution in [0.5, 0.6) is 0 Å². The summed E-state index contributed by atoms with van der Waals surface area (Å²) >= 11 is 0. The number of morpholine rings is 1. The van der Waals surface area contributed by atoms with Crippen molar-refractivity contribution in [1.82, 2.24) is 20.3 Å². The highest BCUT2D eigenvalue weighted by molar-refractivity contribution is 14.0. The zero-order valence-corrected chi connectivity index (χ0v) is 21.0. The Morgan fingerprint density at radius 1 is 1.20 bits per heavy atom. The van der Waals surface area contributed by atoms with Gasteiger partial charge in [-0.3, -0.25) is 9.79 Å². The smallest absolute Gasteiger partial charge is 0.225 e. The van der Waals surface area contributed by atoms with Crippen LogP contribution in [0.25, 0.3) is 0 Å². The van der Waals surface area contributed by atoms with Gasteiger partial charge in [-0.25, -0.2) is 0 Å². The van der Waals surface area contributed by atoms with Crippen LogP contribution >= 0.6 is 24.0 Å². The minimum absolute atomic E-state index is 0. The topological polar surface area (TPSA) is 83.2 Å². The lowest BCUT2D eigenvalue weighted by Gasteiger charge is -2.36. The number of carbonyl (C=O) groups is 1. The highest BCUT2D eigenvalue weighted by Gasteiger charge is 2.30. The van der Waals surface area contributed by atoms with Crippen LogP contribution in [-0.2, 0) is 9.53 Å². The zero-order chi connectivity index (χ0) is 20.8. The summed E-state index contributed by atoms with van der Waals surface area (Å²) in [6.07, 6.45) is 1.75. The van der Waals surface area contributed by atoms with E-state index in [0.29, 0.717) is 25.7 Å². The van der Waals surface area contributed by atoms with Crippen LogP contribution < -0.4 is 5.32 Å². The minimum atomic E-state index is 0. The standard InChI is InChI=1S/C21H35N5O3.HI/c1-5-22-21(23-14-15(2)19-16(3)24-29-17(19)4)26-8-6-18(7-9-26)20(27)25-10-12-28-13-11-25;/h15,18H,5-14H2,1-4H3,(H,22,23);1H. The van der Waals surface area contributed by atoms with Crippen molar-refractivity contribution in [2.24, 2.45) is 10.9 Å². The quantitative estimate of drug-likeness (QED) is 0.356.